The summed E-state index contributed by atoms with van der Waals surface area (Å²) in [7, 11) is 0. The number of benzene rings is 1. The molecule has 0 radical (unpaired) electrons. The zero-order valence-electron chi connectivity index (χ0n) is 15.6. The van der Waals surface area contributed by atoms with Crippen LogP contribution in [0.2, 0.25) is 0 Å². The highest BCUT2D eigenvalue weighted by Gasteiger charge is 2.32. The SMILES string of the molecule is CC1(C)Cc2sc3c(=O)n(Cc4ccccc4)c(=O)n(CC(=O)O)c3c2CO1. The Morgan fingerprint density at radius 2 is 1.93 bits per heavy atom. The fraction of sp³-hybridized carbons (Fsp3) is 0.350. The molecule has 0 amide bonds. The van der Waals surface area contributed by atoms with Gasteiger partial charge in [0.25, 0.3) is 5.56 Å². The molecule has 2 aromatic heterocycles. The van der Waals surface area contributed by atoms with E-state index >= 15 is 0 Å². The molecule has 0 fully saturated rings. The number of nitrogens with zero attached hydrogens (tertiary/aromatic N) is 2. The Balaban J connectivity index is 1.99. The van der Waals surface area contributed by atoms with E-state index in [-0.39, 0.29) is 24.3 Å². The molecule has 1 aliphatic heterocycles. The Labute approximate surface area is 164 Å². The van der Waals surface area contributed by atoms with E-state index in [9.17, 15) is 19.5 Å². The normalized spacial score (nSPS) is 15.5. The van der Waals surface area contributed by atoms with Crippen LogP contribution < -0.4 is 11.2 Å². The highest BCUT2D eigenvalue weighted by atomic mass is 32.1. The van der Waals surface area contributed by atoms with E-state index in [1.165, 1.54) is 15.9 Å². The van der Waals surface area contributed by atoms with Gasteiger partial charge in [0.15, 0.2) is 0 Å². The largest absolute Gasteiger partial charge is 0.480 e. The maximum Gasteiger partial charge on any atom is 0.332 e. The smallest absolute Gasteiger partial charge is 0.332 e. The van der Waals surface area contributed by atoms with Crippen molar-refractivity contribution < 1.29 is 14.6 Å². The van der Waals surface area contributed by atoms with Gasteiger partial charge in [0.2, 0.25) is 0 Å². The minimum Gasteiger partial charge on any atom is -0.480 e. The summed E-state index contributed by atoms with van der Waals surface area (Å²) in [6, 6.07) is 9.17. The van der Waals surface area contributed by atoms with E-state index in [1.54, 1.807) is 0 Å². The minimum absolute atomic E-state index is 0.0959. The molecule has 0 saturated heterocycles. The number of ether oxygens (including phenoxy) is 1. The molecule has 3 aromatic rings. The number of fused-ring (bicyclic) bond motifs is 3. The molecule has 0 saturated carbocycles. The number of hydrogen-bond acceptors (Lipinski definition) is 5. The molecule has 0 bridgehead atoms. The molecule has 28 heavy (non-hydrogen) atoms. The van der Waals surface area contributed by atoms with Crippen LogP contribution in [0, 0.1) is 0 Å². The van der Waals surface area contributed by atoms with Crippen LogP contribution in [0.15, 0.2) is 39.9 Å². The molecule has 0 atom stereocenters. The first-order valence-electron chi connectivity index (χ1n) is 8.94. The van der Waals surface area contributed by atoms with Gasteiger partial charge in [-0.15, -0.1) is 11.3 Å². The second-order valence-corrected chi connectivity index (χ2v) is 8.65. The Morgan fingerprint density at radius 1 is 1.21 bits per heavy atom. The molecule has 0 spiro atoms. The molecule has 1 aromatic carbocycles. The first-order valence-corrected chi connectivity index (χ1v) is 9.76. The molecule has 3 heterocycles. The maximum absolute atomic E-state index is 13.1. The fourth-order valence-electron chi connectivity index (χ4n) is 3.57. The van der Waals surface area contributed by atoms with E-state index in [4.69, 9.17) is 4.74 Å². The Morgan fingerprint density at radius 3 is 2.61 bits per heavy atom. The summed E-state index contributed by atoms with van der Waals surface area (Å²) in [4.78, 5) is 38.6. The summed E-state index contributed by atoms with van der Waals surface area (Å²) in [6.07, 6.45) is 0.612. The molecule has 1 aliphatic rings. The Hall–Kier alpha value is -2.71. The third-order valence-electron chi connectivity index (χ3n) is 4.90. The van der Waals surface area contributed by atoms with Crippen molar-refractivity contribution in [3.8, 4) is 0 Å². The number of carboxylic acids is 1. The predicted molar refractivity (Wildman–Crippen MR) is 106 cm³/mol. The van der Waals surface area contributed by atoms with E-state index in [2.05, 4.69) is 0 Å². The van der Waals surface area contributed by atoms with Crippen molar-refractivity contribution in [2.45, 2.75) is 45.6 Å². The van der Waals surface area contributed by atoms with Crippen molar-refractivity contribution in [3.05, 3.63) is 67.2 Å². The number of carbonyl (C=O) groups is 1. The number of hydrogen-bond donors (Lipinski definition) is 1. The van der Waals surface area contributed by atoms with Gasteiger partial charge in [0.1, 0.15) is 11.2 Å². The van der Waals surface area contributed by atoms with E-state index < -0.39 is 18.2 Å². The quantitative estimate of drug-likeness (QED) is 0.725. The third kappa shape index (κ3) is 3.18. The lowest BCUT2D eigenvalue weighted by molar-refractivity contribution is -0.137. The van der Waals surface area contributed by atoms with Crippen LogP contribution in [0.1, 0.15) is 29.9 Å². The number of aliphatic carboxylic acids is 1. The van der Waals surface area contributed by atoms with Crippen LogP contribution in [-0.4, -0.2) is 25.8 Å². The van der Waals surface area contributed by atoms with Gasteiger partial charge in [0, 0.05) is 16.9 Å². The van der Waals surface area contributed by atoms with Crippen molar-refractivity contribution in [2.24, 2.45) is 0 Å². The fourth-order valence-corrected chi connectivity index (χ4v) is 5.04. The van der Waals surface area contributed by atoms with Crippen LogP contribution in [0.5, 0.6) is 0 Å². The van der Waals surface area contributed by atoms with Crippen LogP contribution in [-0.2, 0) is 35.6 Å². The molecular weight excluding hydrogens is 380 g/mol. The number of thiophene rings is 1. The van der Waals surface area contributed by atoms with Gasteiger partial charge in [-0.2, -0.15) is 0 Å². The van der Waals surface area contributed by atoms with Crippen molar-refractivity contribution in [3.63, 3.8) is 0 Å². The van der Waals surface area contributed by atoms with Crippen LogP contribution in [0.4, 0.5) is 0 Å². The zero-order chi connectivity index (χ0) is 20.1. The van der Waals surface area contributed by atoms with Gasteiger partial charge in [-0.3, -0.25) is 18.7 Å². The highest BCUT2D eigenvalue weighted by Crippen LogP contribution is 2.37. The summed E-state index contributed by atoms with van der Waals surface area (Å²) >= 11 is 1.34. The average Bonchev–Trinajstić information content (AvgIpc) is 3.00. The number of rotatable bonds is 4. The van der Waals surface area contributed by atoms with Gasteiger partial charge in [-0.05, 0) is 19.4 Å². The summed E-state index contributed by atoms with van der Waals surface area (Å²) in [5.74, 6) is -1.13. The average molecular weight is 400 g/mol. The van der Waals surface area contributed by atoms with Crippen molar-refractivity contribution >= 4 is 27.5 Å². The predicted octanol–water partition coefficient (Wildman–Crippen LogP) is 2.21. The first kappa shape index (κ1) is 18.6. The Bertz CT molecular complexity index is 1190. The first-order chi connectivity index (χ1) is 13.3. The standard InChI is InChI=1S/C20H20N2O5S/c1-20(2)8-14-13(11-27-20)16-17(28-14)18(25)22(9-12-6-4-3-5-7-12)19(26)21(16)10-15(23)24/h3-7H,8-11H2,1-2H3,(H,23,24). The second kappa shape index (κ2) is 6.72. The highest BCUT2D eigenvalue weighted by molar-refractivity contribution is 7.19. The van der Waals surface area contributed by atoms with Crippen molar-refractivity contribution in [2.75, 3.05) is 0 Å². The monoisotopic (exact) mass is 400 g/mol. The molecule has 4 rings (SSSR count). The third-order valence-corrected chi connectivity index (χ3v) is 6.11. The van der Waals surface area contributed by atoms with Gasteiger partial charge >= 0.3 is 11.7 Å². The van der Waals surface area contributed by atoms with E-state index in [0.29, 0.717) is 16.6 Å². The molecule has 1 N–H and O–H groups in total. The van der Waals surface area contributed by atoms with E-state index in [1.807, 2.05) is 44.2 Å². The maximum atomic E-state index is 13.1. The zero-order valence-corrected chi connectivity index (χ0v) is 16.4. The van der Waals surface area contributed by atoms with Crippen LogP contribution in [0.25, 0.3) is 10.2 Å². The lowest BCUT2D eigenvalue weighted by Crippen LogP contribution is -2.41. The molecular formula is C20H20N2O5S. The molecule has 8 heteroatoms. The molecule has 7 nitrogen and oxygen atoms in total. The summed E-state index contributed by atoms with van der Waals surface area (Å²) in [5.41, 5.74) is 0.582. The lowest BCUT2D eigenvalue weighted by atomic mass is 9.98. The topological polar surface area (TPSA) is 90.5 Å². The van der Waals surface area contributed by atoms with Crippen molar-refractivity contribution in [1.29, 1.82) is 0 Å². The summed E-state index contributed by atoms with van der Waals surface area (Å²) in [5, 5.41) is 9.35. The summed E-state index contributed by atoms with van der Waals surface area (Å²) < 4.78 is 8.58. The van der Waals surface area contributed by atoms with Gasteiger partial charge in [-0.25, -0.2) is 4.79 Å². The number of aromatic nitrogens is 2. The number of carboxylic acid groups (broad SMARTS) is 1. The summed E-state index contributed by atoms with van der Waals surface area (Å²) in [6.45, 7) is 3.79. The van der Waals surface area contributed by atoms with Crippen LogP contribution in [0.3, 0.4) is 0 Å². The minimum atomic E-state index is -1.13. The Kier molecular flexibility index (Phi) is 4.47. The molecule has 0 aliphatic carbocycles. The van der Waals surface area contributed by atoms with E-state index in [0.717, 1.165) is 20.6 Å². The van der Waals surface area contributed by atoms with Crippen molar-refractivity contribution in [1.82, 2.24) is 9.13 Å². The second-order valence-electron chi connectivity index (χ2n) is 7.55. The van der Waals surface area contributed by atoms with Crippen LogP contribution >= 0.6 is 11.3 Å². The molecule has 146 valence electrons. The van der Waals surface area contributed by atoms with Gasteiger partial charge in [0.05, 0.1) is 24.3 Å². The van der Waals surface area contributed by atoms with Gasteiger partial charge < -0.3 is 9.84 Å². The molecule has 0 unspecified atom stereocenters. The van der Waals surface area contributed by atoms with Gasteiger partial charge in [-0.1, -0.05) is 30.3 Å². The lowest BCUT2D eigenvalue weighted by Gasteiger charge is -2.30.